The molecule has 0 aliphatic rings. The smallest absolute Gasteiger partial charge is 0.122 e. The van der Waals surface area contributed by atoms with E-state index in [2.05, 4.69) is 6.08 Å². The summed E-state index contributed by atoms with van der Waals surface area (Å²) >= 11 is 0. The highest BCUT2D eigenvalue weighted by atomic mass is 14.7. The fourth-order valence-corrected chi connectivity index (χ4v) is 2.00. The van der Waals surface area contributed by atoms with E-state index in [1.807, 2.05) is 55.5 Å². The molecule has 0 aliphatic heterocycles. The zero-order valence-electron chi connectivity index (χ0n) is 11.9. The van der Waals surface area contributed by atoms with Crippen molar-refractivity contribution in [3.05, 3.63) is 70.8 Å². The van der Waals surface area contributed by atoms with Crippen LogP contribution in [0, 0.1) is 10.8 Å². The first kappa shape index (κ1) is 14.5. The van der Waals surface area contributed by atoms with E-state index in [1.165, 1.54) is 0 Å². The number of benzene rings is 2. The first-order valence-electron chi connectivity index (χ1n) is 6.55. The number of nitrogens with one attached hydrogen (secondary N) is 2. The molecule has 0 unspecified atom stereocenters. The van der Waals surface area contributed by atoms with Crippen LogP contribution >= 0.6 is 0 Å². The first-order chi connectivity index (χ1) is 9.97. The van der Waals surface area contributed by atoms with Crippen LogP contribution in [0.15, 0.2) is 48.5 Å². The van der Waals surface area contributed by atoms with Gasteiger partial charge in [-0.25, -0.2) is 0 Å². The van der Waals surface area contributed by atoms with Crippen LogP contribution in [0.3, 0.4) is 0 Å². The Hall–Kier alpha value is -2.88. The summed E-state index contributed by atoms with van der Waals surface area (Å²) in [5, 5.41) is 14.8. The van der Waals surface area contributed by atoms with Gasteiger partial charge in [0.15, 0.2) is 0 Å². The predicted octanol–water partition coefficient (Wildman–Crippen LogP) is 2.82. The van der Waals surface area contributed by atoms with Gasteiger partial charge < -0.3 is 11.5 Å². The highest BCUT2D eigenvalue weighted by molar-refractivity contribution is 5.96. The number of hydrogen-bond donors (Lipinski definition) is 4. The summed E-state index contributed by atoms with van der Waals surface area (Å²) in [7, 11) is 0. The Morgan fingerprint density at radius 3 is 1.57 bits per heavy atom. The van der Waals surface area contributed by atoms with Gasteiger partial charge in [-0.2, -0.15) is 0 Å². The van der Waals surface area contributed by atoms with Crippen molar-refractivity contribution in [3.63, 3.8) is 0 Å². The van der Waals surface area contributed by atoms with Gasteiger partial charge in [-0.1, -0.05) is 54.6 Å². The van der Waals surface area contributed by atoms with E-state index in [1.54, 1.807) is 0 Å². The quantitative estimate of drug-likeness (QED) is 0.393. The molecule has 0 radical (unpaired) electrons. The molecule has 0 bridgehead atoms. The van der Waals surface area contributed by atoms with Crippen molar-refractivity contribution in [2.45, 2.75) is 6.92 Å². The van der Waals surface area contributed by atoms with Gasteiger partial charge in [0.25, 0.3) is 0 Å². The number of amidine groups is 2. The third-order valence-electron chi connectivity index (χ3n) is 3.26. The highest BCUT2D eigenvalue weighted by Crippen LogP contribution is 2.18. The van der Waals surface area contributed by atoms with Crippen molar-refractivity contribution in [3.8, 4) is 0 Å². The van der Waals surface area contributed by atoms with E-state index < -0.39 is 0 Å². The molecule has 0 spiro atoms. The maximum atomic E-state index is 7.38. The Labute approximate surface area is 124 Å². The third kappa shape index (κ3) is 3.57. The fraction of sp³-hybridized carbons (Fsp3) is 0.0588. The molecule has 0 heterocycles. The molecular weight excluding hydrogens is 260 g/mol. The van der Waals surface area contributed by atoms with E-state index in [-0.39, 0.29) is 11.7 Å². The van der Waals surface area contributed by atoms with Crippen molar-refractivity contribution in [2.75, 3.05) is 0 Å². The molecule has 2 aromatic carbocycles. The Bertz CT molecular complexity index is 695. The summed E-state index contributed by atoms with van der Waals surface area (Å²) in [4.78, 5) is 0. The van der Waals surface area contributed by atoms with Crippen LogP contribution in [0.25, 0.3) is 11.6 Å². The van der Waals surface area contributed by atoms with Gasteiger partial charge in [0, 0.05) is 11.1 Å². The lowest BCUT2D eigenvalue weighted by Gasteiger charge is -2.05. The zero-order chi connectivity index (χ0) is 15.4. The van der Waals surface area contributed by atoms with Crippen molar-refractivity contribution >= 4 is 23.3 Å². The van der Waals surface area contributed by atoms with Crippen molar-refractivity contribution in [2.24, 2.45) is 11.5 Å². The first-order valence-corrected chi connectivity index (χ1v) is 6.55. The minimum atomic E-state index is 0.0714. The summed E-state index contributed by atoms with van der Waals surface area (Å²) in [5.74, 6) is 0.144. The molecule has 0 saturated heterocycles. The van der Waals surface area contributed by atoms with E-state index in [0.29, 0.717) is 0 Å². The molecule has 21 heavy (non-hydrogen) atoms. The van der Waals surface area contributed by atoms with Gasteiger partial charge in [-0.15, -0.1) is 0 Å². The van der Waals surface area contributed by atoms with E-state index in [9.17, 15) is 0 Å². The van der Waals surface area contributed by atoms with E-state index in [4.69, 9.17) is 22.3 Å². The normalized spacial score (nSPS) is 11.2. The lowest BCUT2D eigenvalue weighted by molar-refractivity contribution is 1.42. The van der Waals surface area contributed by atoms with Gasteiger partial charge in [0.1, 0.15) is 11.7 Å². The van der Waals surface area contributed by atoms with Gasteiger partial charge >= 0.3 is 0 Å². The summed E-state index contributed by atoms with van der Waals surface area (Å²) in [6.07, 6.45) is 2.06. The third-order valence-corrected chi connectivity index (χ3v) is 3.26. The van der Waals surface area contributed by atoms with E-state index in [0.717, 1.165) is 27.8 Å². The topological polar surface area (TPSA) is 99.7 Å². The molecule has 2 rings (SSSR count). The summed E-state index contributed by atoms with van der Waals surface area (Å²) < 4.78 is 0. The molecule has 2 aromatic rings. The second-order valence-electron chi connectivity index (χ2n) is 4.85. The van der Waals surface area contributed by atoms with Gasteiger partial charge in [-0.3, -0.25) is 10.8 Å². The second-order valence-corrected chi connectivity index (χ2v) is 4.85. The number of hydrogen-bond acceptors (Lipinski definition) is 2. The molecule has 0 saturated carbocycles. The van der Waals surface area contributed by atoms with Crippen LogP contribution in [0.2, 0.25) is 0 Å². The number of allylic oxidation sites excluding steroid dienone is 1. The van der Waals surface area contributed by atoms with Crippen LogP contribution in [0.5, 0.6) is 0 Å². The van der Waals surface area contributed by atoms with E-state index >= 15 is 0 Å². The molecule has 0 amide bonds. The summed E-state index contributed by atoms with van der Waals surface area (Å²) in [6, 6.07) is 15.1. The SMILES string of the molecule is C/C(=C\c1ccc(C(=N)N)cc1)c1ccc(C(=N)N)cc1. The van der Waals surface area contributed by atoms with Gasteiger partial charge in [0.2, 0.25) is 0 Å². The fourth-order valence-electron chi connectivity index (χ4n) is 2.00. The Kier molecular flexibility index (Phi) is 4.18. The maximum absolute atomic E-state index is 7.38. The number of rotatable bonds is 4. The molecule has 0 aliphatic carbocycles. The number of nitrogens with two attached hydrogens (primary N) is 2. The zero-order valence-corrected chi connectivity index (χ0v) is 11.9. The molecule has 0 atom stereocenters. The maximum Gasteiger partial charge on any atom is 0.122 e. The average molecular weight is 278 g/mol. The monoisotopic (exact) mass is 278 g/mol. The molecular formula is C17H18N4. The Balaban J connectivity index is 2.23. The molecule has 4 heteroatoms. The van der Waals surface area contributed by atoms with Crippen LogP contribution in [-0.2, 0) is 0 Å². The average Bonchev–Trinajstić information content (AvgIpc) is 2.47. The largest absolute Gasteiger partial charge is 0.384 e. The van der Waals surface area contributed by atoms with Crippen LogP contribution < -0.4 is 11.5 Å². The van der Waals surface area contributed by atoms with Crippen molar-refractivity contribution < 1.29 is 0 Å². The second kappa shape index (κ2) is 6.05. The lowest BCUT2D eigenvalue weighted by Crippen LogP contribution is -2.10. The molecule has 0 aromatic heterocycles. The van der Waals surface area contributed by atoms with Crippen molar-refractivity contribution in [1.29, 1.82) is 10.8 Å². The van der Waals surface area contributed by atoms with Crippen LogP contribution in [0.4, 0.5) is 0 Å². The van der Waals surface area contributed by atoms with Gasteiger partial charge in [-0.05, 0) is 23.6 Å². The van der Waals surface area contributed by atoms with Crippen molar-refractivity contribution in [1.82, 2.24) is 0 Å². The summed E-state index contributed by atoms with van der Waals surface area (Å²) in [5.41, 5.74) is 15.6. The summed E-state index contributed by atoms with van der Waals surface area (Å²) in [6.45, 7) is 2.03. The lowest BCUT2D eigenvalue weighted by atomic mass is 10.0. The standard InChI is InChI=1S/C17H18N4/c1-11(13-6-8-15(9-7-13)17(20)21)10-12-2-4-14(5-3-12)16(18)19/h2-10H,1H3,(H3,18,19)(H3,20,21)/b11-10+. The van der Waals surface area contributed by atoms with Crippen LogP contribution in [-0.4, -0.2) is 11.7 Å². The van der Waals surface area contributed by atoms with Crippen LogP contribution in [0.1, 0.15) is 29.2 Å². The molecule has 6 N–H and O–H groups in total. The minimum absolute atomic E-state index is 0.0714. The molecule has 106 valence electrons. The predicted molar refractivity (Wildman–Crippen MR) is 88.5 cm³/mol. The van der Waals surface area contributed by atoms with Gasteiger partial charge in [0.05, 0.1) is 0 Å². The molecule has 4 nitrogen and oxygen atoms in total. The Morgan fingerprint density at radius 2 is 1.14 bits per heavy atom. The highest BCUT2D eigenvalue weighted by Gasteiger charge is 2.00. The Morgan fingerprint density at radius 1 is 0.762 bits per heavy atom. The number of nitrogen functional groups attached to an aromatic ring is 2. The molecule has 0 fully saturated rings. The minimum Gasteiger partial charge on any atom is -0.384 e.